The number of aliphatic hydroxyl groups is 1. The quantitative estimate of drug-likeness (QED) is 0.767. The van der Waals surface area contributed by atoms with Gasteiger partial charge in [0.25, 0.3) is 10.0 Å². The number of hydrogen-bond acceptors (Lipinski definition) is 6. The minimum absolute atomic E-state index is 0.00135. The van der Waals surface area contributed by atoms with Crippen molar-refractivity contribution in [1.29, 1.82) is 0 Å². The maximum atomic E-state index is 12.7. The number of benzene rings is 1. The van der Waals surface area contributed by atoms with Crippen LogP contribution in [0, 0.1) is 0 Å². The summed E-state index contributed by atoms with van der Waals surface area (Å²) >= 11 is 0.941. The number of carboxylic acid groups (broad SMARTS) is 1. The lowest BCUT2D eigenvalue weighted by Crippen LogP contribution is -2.48. The molecule has 7 nitrogen and oxygen atoms in total. The number of carbonyl (C=O) groups is 1. The molecule has 1 saturated heterocycles. The van der Waals surface area contributed by atoms with Crippen LogP contribution in [0.2, 0.25) is 0 Å². The van der Waals surface area contributed by atoms with E-state index in [1.807, 2.05) is 24.3 Å². The summed E-state index contributed by atoms with van der Waals surface area (Å²) in [5.41, 5.74) is 1.97. The molecule has 0 saturated carbocycles. The molecule has 0 atom stereocenters. The van der Waals surface area contributed by atoms with Crippen LogP contribution in [0.4, 0.5) is 0 Å². The van der Waals surface area contributed by atoms with Crippen molar-refractivity contribution in [3.8, 4) is 0 Å². The highest BCUT2D eigenvalue weighted by atomic mass is 32.2. The highest BCUT2D eigenvalue weighted by molar-refractivity contribution is 7.91. The molecule has 1 aliphatic heterocycles. The van der Waals surface area contributed by atoms with Crippen LogP contribution in [0.25, 0.3) is 0 Å². The van der Waals surface area contributed by atoms with Crippen LogP contribution in [0.1, 0.15) is 21.5 Å². The molecule has 0 bridgehead atoms. The van der Waals surface area contributed by atoms with Crippen molar-refractivity contribution < 1.29 is 23.4 Å². The number of aromatic carboxylic acids is 1. The maximum Gasteiger partial charge on any atom is 0.336 e. The fourth-order valence-corrected chi connectivity index (χ4v) is 5.56. The lowest BCUT2D eigenvalue weighted by atomic mass is 10.1. The molecule has 1 aliphatic rings. The van der Waals surface area contributed by atoms with E-state index in [0.717, 1.165) is 29.0 Å². The number of carboxylic acids is 1. The third-order valence-electron chi connectivity index (χ3n) is 4.36. The van der Waals surface area contributed by atoms with Crippen LogP contribution in [0.3, 0.4) is 0 Å². The minimum Gasteiger partial charge on any atom is -0.478 e. The Bertz CT molecular complexity index is 869. The molecule has 9 heteroatoms. The molecule has 1 fully saturated rings. The van der Waals surface area contributed by atoms with Gasteiger partial charge in [0.05, 0.1) is 12.2 Å². The summed E-state index contributed by atoms with van der Waals surface area (Å²) in [5, 5.41) is 19.4. The molecule has 2 aromatic rings. The first-order valence-electron chi connectivity index (χ1n) is 8.13. The van der Waals surface area contributed by atoms with Crippen LogP contribution in [0.15, 0.2) is 39.9 Å². The molecule has 140 valence electrons. The molecule has 0 radical (unpaired) electrons. The summed E-state index contributed by atoms with van der Waals surface area (Å²) in [7, 11) is -3.65. The first kappa shape index (κ1) is 19.0. The third-order valence-corrected chi connectivity index (χ3v) is 7.67. The molecule has 0 spiro atoms. The number of thiophene rings is 1. The van der Waals surface area contributed by atoms with Crippen LogP contribution in [-0.2, 0) is 23.2 Å². The summed E-state index contributed by atoms with van der Waals surface area (Å²) < 4.78 is 26.8. The molecule has 2 N–H and O–H groups in total. The summed E-state index contributed by atoms with van der Waals surface area (Å²) in [6, 6.07) is 8.92. The Hall–Kier alpha value is -1.78. The molecule has 0 amide bonds. The molecular formula is C17H20N2O5S2. The van der Waals surface area contributed by atoms with Crippen molar-refractivity contribution in [2.24, 2.45) is 0 Å². The largest absolute Gasteiger partial charge is 0.478 e. The number of piperazine rings is 1. The molecule has 1 aromatic heterocycles. The van der Waals surface area contributed by atoms with E-state index in [9.17, 15) is 13.2 Å². The van der Waals surface area contributed by atoms with Gasteiger partial charge in [-0.1, -0.05) is 24.3 Å². The Balaban J connectivity index is 1.60. The summed E-state index contributed by atoms with van der Waals surface area (Å²) in [4.78, 5) is 13.1. The average Bonchev–Trinajstić information content (AvgIpc) is 3.14. The smallest absolute Gasteiger partial charge is 0.336 e. The number of hydrogen-bond donors (Lipinski definition) is 2. The van der Waals surface area contributed by atoms with Crippen molar-refractivity contribution in [3.63, 3.8) is 0 Å². The average molecular weight is 396 g/mol. The molecule has 2 heterocycles. The van der Waals surface area contributed by atoms with Crippen LogP contribution in [-0.4, -0.2) is 60.0 Å². The van der Waals surface area contributed by atoms with Crippen molar-refractivity contribution >= 4 is 27.3 Å². The van der Waals surface area contributed by atoms with E-state index in [-0.39, 0.29) is 16.4 Å². The first-order valence-corrected chi connectivity index (χ1v) is 10.4. The van der Waals surface area contributed by atoms with Gasteiger partial charge in [0.2, 0.25) is 0 Å². The predicted molar refractivity (Wildman–Crippen MR) is 97.7 cm³/mol. The van der Waals surface area contributed by atoms with E-state index in [4.69, 9.17) is 10.2 Å². The van der Waals surface area contributed by atoms with Crippen LogP contribution in [0.5, 0.6) is 0 Å². The fraction of sp³-hybridized carbons (Fsp3) is 0.353. The van der Waals surface area contributed by atoms with Gasteiger partial charge in [-0.2, -0.15) is 4.31 Å². The van der Waals surface area contributed by atoms with Crippen molar-refractivity contribution in [1.82, 2.24) is 9.21 Å². The Kier molecular flexibility index (Phi) is 5.73. The Morgan fingerprint density at radius 3 is 2.23 bits per heavy atom. The van der Waals surface area contributed by atoms with Gasteiger partial charge in [-0.15, -0.1) is 11.3 Å². The molecule has 0 unspecified atom stereocenters. The number of nitrogens with zero attached hydrogens (tertiary/aromatic N) is 2. The van der Waals surface area contributed by atoms with Crippen molar-refractivity contribution in [2.45, 2.75) is 17.4 Å². The van der Waals surface area contributed by atoms with Gasteiger partial charge in [0.15, 0.2) is 0 Å². The number of aliphatic hydroxyl groups excluding tert-OH is 1. The second kappa shape index (κ2) is 7.85. The van der Waals surface area contributed by atoms with Crippen LogP contribution < -0.4 is 0 Å². The highest BCUT2D eigenvalue weighted by Gasteiger charge is 2.30. The van der Waals surface area contributed by atoms with Gasteiger partial charge in [0.1, 0.15) is 4.21 Å². The number of sulfonamides is 1. The van der Waals surface area contributed by atoms with Gasteiger partial charge in [0, 0.05) is 38.1 Å². The maximum absolute atomic E-state index is 12.7. The standard InChI is InChI=1S/C17H20N2O5S2/c20-11-14-3-1-13(2-4-14)10-18-5-7-19(8-6-18)26(23,24)16-9-15(12-25-16)17(21)22/h1-4,9,12,20H,5-8,10-11H2,(H,21,22). The first-order chi connectivity index (χ1) is 12.4. The van der Waals surface area contributed by atoms with E-state index in [2.05, 4.69) is 4.90 Å². The molecule has 3 rings (SSSR count). The molecule has 1 aromatic carbocycles. The van der Waals surface area contributed by atoms with Gasteiger partial charge in [-0.3, -0.25) is 4.90 Å². The zero-order valence-electron chi connectivity index (χ0n) is 14.0. The minimum atomic E-state index is -3.65. The van der Waals surface area contributed by atoms with E-state index in [1.54, 1.807) is 0 Å². The summed E-state index contributed by atoms with van der Waals surface area (Å²) in [5.74, 6) is -1.13. The normalized spacial score (nSPS) is 16.7. The monoisotopic (exact) mass is 396 g/mol. The third kappa shape index (κ3) is 4.13. The van der Waals surface area contributed by atoms with Crippen molar-refractivity contribution in [2.75, 3.05) is 26.2 Å². The van der Waals surface area contributed by atoms with Crippen molar-refractivity contribution in [3.05, 3.63) is 52.4 Å². The van der Waals surface area contributed by atoms with E-state index >= 15 is 0 Å². The summed E-state index contributed by atoms with van der Waals surface area (Å²) in [6.07, 6.45) is 0. The topological polar surface area (TPSA) is 98.1 Å². The Morgan fingerprint density at radius 2 is 1.69 bits per heavy atom. The van der Waals surface area contributed by atoms with Gasteiger partial charge in [-0.25, -0.2) is 13.2 Å². The van der Waals surface area contributed by atoms with Gasteiger partial charge < -0.3 is 10.2 Å². The van der Waals surface area contributed by atoms with Gasteiger partial charge >= 0.3 is 5.97 Å². The van der Waals surface area contributed by atoms with E-state index < -0.39 is 16.0 Å². The Labute approximate surface area is 156 Å². The van der Waals surface area contributed by atoms with Crippen LogP contribution >= 0.6 is 11.3 Å². The van der Waals surface area contributed by atoms with E-state index in [1.165, 1.54) is 15.8 Å². The molecular weight excluding hydrogens is 376 g/mol. The highest BCUT2D eigenvalue weighted by Crippen LogP contribution is 2.25. The second-order valence-electron chi connectivity index (χ2n) is 6.11. The summed E-state index contributed by atoms with van der Waals surface area (Å²) in [6.45, 7) is 2.70. The number of rotatable bonds is 6. The lowest BCUT2D eigenvalue weighted by molar-refractivity contribution is 0.0697. The zero-order valence-corrected chi connectivity index (χ0v) is 15.7. The predicted octanol–water partition coefficient (Wildman–Crippen LogP) is 1.45. The van der Waals surface area contributed by atoms with Gasteiger partial charge in [-0.05, 0) is 17.2 Å². The Morgan fingerprint density at radius 1 is 1.08 bits per heavy atom. The fourth-order valence-electron chi connectivity index (χ4n) is 2.83. The SMILES string of the molecule is O=C(O)c1csc(S(=O)(=O)N2CCN(Cc3ccc(CO)cc3)CC2)c1. The second-order valence-corrected chi connectivity index (χ2v) is 9.19. The molecule has 0 aliphatic carbocycles. The lowest BCUT2D eigenvalue weighted by Gasteiger charge is -2.33. The zero-order chi connectivity index (χ0) is 18.7. The molecule has 26 heavy (non-hydrogen) atoms. The van der Waals surface area contributed by atoms with E-state index in [0.29, 0.717) is 26.2 Å².